The van der Waals surface area contributed by atoms with Gasteiger partial charge in [0.2, 0.25) is 0 Å². The maximum atomic E-state index is 11.4. The van der Waals surface area contributed by atoms with Crippen molar-refractivity contribution in [2.45, 2.75) is 19.8 Å². The van der Waals surface area contributed by atoms with Crippen molar-refractivity contribution in [2.24, 2.45) is 0 Å². The predicted molar refractivity (Wildman–Crippen MR) is 72.9 cm³/mol. The molecule has 1 heterocycles. The average molecular weight is 300 g/mol. The molecule has 2 rings (SSSR count). The molecule has 0 aliphatic rings. The van der Waals surface area contributed by atoms with E-state index in [1.165, 1.54) is 0 Å². The lowest BCUT2D eigenvalue weighted by molar-refractivity contribution is 0.0695. The standard InChI is InChI=1S/C13H11Cl2NO3/c1-2-3-10-11(13(17)18)12(16-19-10)7-4-8(14)6-9(15)5-7/h4-6H,2-3H2,1H3,(H,17,18). The van der Waals surface area contributed by atoms with E-state index in [1.54, 1.807) is 18.2 Å². The van der Waals surface area contributed by atoms with Crippen molar-refractivity contribution < 1.29 is 14.4 Å². The van der Waals surface area contributed by atoms with E-state index in [0.29, 0.717) is 27.8 Å². The molecule has 100 valence electrons. The van der Waals surface area contributed by atoms with Gasteiger partial charge in [0.25, 0.3) is 0 Å². The van der Waals surface area contributed by atoms with Crippen LogP contribution in [0.25, 0.3) is 11.3 Å². The lowest BCUT2D eigenvalue weighted by Crippen LogP contribution is -2.01. The summed E-state index contributed by atoms with van der Waals surface area (Å²) in [6.45, 7) is 1.93. The van der Waals surface area contributed by atoms with Crippen LogP contribution < -0.4 is 0 Å². The summed E-state index contributed by atoms with van der Waals surface area (Å²) >= 11 is 11.8. The van der Waals surface area contributed by atoms with Crippen molar-refractivity contribution in [2.75, 3.05) is 0 Å². The van der Waals surface area contributed by atoms with Gasteiger partial charge in [-0.2, -0.15) is 0 Å². The van der Waals surface area contributed by atoms with Crippen LogP contribution in [0.2, 0.25) is 10.0 Å². The predicted octanol–water partition coefficient (Wildman–Crippen LogP) is 4.30. The van der Waals surface area contributed by atoms with Gasteiger partial charge in [-0.25, -0.2) is 4.79 Å². The number of aryl methyl sites for hydroxylation is 1. The third-order valence-corrected chi connectivity index (χ3v) is 3.03. The quantitative estimate of drug-likeness (QED) is 0.914. The Labute approximate surface area is 119 Å². The van der Waals surface area contributed by atoms with Crippen LogP contribution in [0.4, 0.5) is 0 Å². The number of halogens is 2. The van der Waals surface area contributed by atoms with Crippen LogP contribution in [0.3, 0.4) is 0 Å². The SMILES string of the molecule is CCCc1onc(-c2cc(Cl)cc(Cl)c2)c1C(=O)O. The number of hydrogen-bond donors (Lipinski definition) is 1. The van der Waals surface area contributed by atoms with E-state index in [-0.39, 0.29) is 11.3 Å². The van der Waals surface area contributed by atoms with Crippen molar-refractivity contribution in [1.29, 1.82) is 0 Å². The number of carboxylic acids is 1. The maximum Gasteiger partial charge on any atom is 0.341 e. The van der Waals surface area contributed by atoms with Crippen molar-refractivity contribution in [1.82, 2.24) is 5.16 Å². The highest BCUT2D eigenvalue weighted by atomic mass is 35.5. The first-order valence-electron chi connectivity index (χ1n) is 5.71. The summed E-state index contributed by atoms with van der Waals surface area (Å²) in [6, 6.07) is 4.78. The summed E-state index contributed by atoms with van der Waals surface area (Å²) in [5, 5.41) is 14.0. The Kier molecular flexibility index (Phi) is 4.12. The van der Waals surface area contributed by atoms with Gasteiger partial charge in [0.05, 0.1) is 0 Å². The molecule has 6 heteroatoms. The molecule has 1 aromatic heterocycles. The fraction of sp³-hybridized carbons (Fsp3) is 0.231. The highest BCUT2D eigenvalue weighted by molar-refractivity contribution is 6.35. The minimum atomic E-state index is -1.07. The van der Waals surface area contributed by atoms with E-state index in [4.69, 9.17) is 27.7 Å². The monoisotopic (exact) mass is 299 g/mol. The molecule has 1 aromatic carbocycles. The molecule has 0 saturated carbocycles. The van der Waals surface area contributed by atoms with Gasteiger partial charge < -0.3 is 9.63 Å². The van der Waals surface area contributed by atoms with Crippen LogP contribution in [-0.4, -0.2) is 16.2 Å². The highest BCUT2D eigenvalue weighted by Crippen LogP contribution is 2.30. The molecule has 0 fully saturated rings. The first kappa shape index (κ1) is 13.9. The molecule has 0 unspecified atom stereocenters. The molecule has 4 nitrogen and oxygen atoms in total. The van der Waals surface area contributed by atoms with Crippen LogP contribution in [0, 0.1) is 0 Å². The second kappa shape index (κ2) is 5.63. The largest absolute Gasteiger partial charge is 0.477 e. The minimum absolute atomic E-state index is 0.0696. The Morgan fingerprint density at radius 3 is 2.47 bits per heavy atom. The second-order valence-electron chi connectivity index (χ2n) is 4.04. The zero-order valence-corrected chi connectivity index (χ0v) is 11.6. The fourth-order valence-corrected chi connectivity index (χ4v) is 2.36. The number of benzene rings is 1. The number of nitrogens with zero attached hydrogens (tertiary/aromatic N) is 1. The molecule has 19 heavy (non-hydrogen) atoms. The van der Waals surface area contributed by atoms with Crippen LogP contribution in [0.15, 0.2) is 22.7 Å². The summed E-state index contributed by atoms with van der Waals surface area (Å²) in [4.78, 5) is 11.4. The topological polar surface area (TPSA) is 63.3 Å². The number of rotatable bonds is 4. The molecule has 0 bridgehead atoms. The smallest absolute Gasteiger partial charge is 0.341 e. The molecular weight excluding hydrogens is 289 g/mol. The molecule has 0 saturated heterocycles. The molecule has 0 atom stereocenters. The van der Waals surface area contributed by atoms with E-state index in [9.17, 15) is 9.90 Å². The summed E-state index contributed by atoms with van der Waals surface area (Å²) < 4.78 is 5.11. The average Bonchev–Trinajstić information content (AvgIpc) is 2.72. The Morgan fingerprint density at radius 2 is 1.95 bits per heavy atom. The van der Waals surface area contributed by atoms with Gasteiger partial charge in [0.1, 0.15) is 11.3 Å². The Balaban J connectivity index is 2.58. The fourth-order valence-electron chi connectivity index (χ4n) is 1.83. The minimum Gasteiger partial charge on any atom is -0.477 e. The molecule has 2 aromatic rings. The van der Waals surface area contributed by atoms with Crippen molar-refractivity contribution >= 4 is 29.2 Å². The van der Waals surface area contributed by atoms with E-state index >= 15 is 0 Å². The number of aromatic nitrogens is 1. The van der Waals surface area contributed by atoms with Crippen molar-refractivity contribution in [3.05, 3.63) is 39.6 Å². The molecule has 0 amide bonds. The van der Waals surface area contributed by atoms with E-state index in [2.05, 4.69) is 5.16 Å². The van der Waals surface area contributed by atoms with Crippen LogP contribution in [0.1, 0.15) is 29.5 Å². The summed E-state index contributed by atoms with van der Waals surface area (Å²) in [5.74, 6) is -0.711. The van der Waals surface area contributed by atoms with Crippen molar-refractivity contribution in [3.63, 3.8) is 0 Å². The lowest BCUT2D eigenvalue weighted by atomic mass is 10.0. The third-order valence-electron chi connectivity index (χ3n) is 2.59. The van der Waals surface area contributed by atoms with Gasteiger partial charge >= 0.3 is 5.97 Å². The maximum absolute atomic E-state index is 11.4. The van der Waals surface area contributed by atoms with Gasteiger partial charge in [0.15, 0.2) is 5.76 Å². The Bertz CT molecular complexity index is 602. The van der Waals surface area contributed by atoms with Gasteiger partial charge in [-0.1, -0.05) is 35.3 Å². The van der Waals surface area contributed by atoms with Gasteiger partial charge in [0, 0.05) is 22.0 Å². The molecule has 0 radical (unpaired) electrons. The van der Waals surface area contributed by atoms with Crippen LogP contribution >= 0.6 is 23.2 Å². The highest BCUT2D eigenvalue weighted by Gasteiger charge is 2.23. The van der Waals surface area contributed by atoms with E-state index < -0.39 is 5.97 Å². The lowest BCUT2D eigenvalue weighted by Gasteiger charge is -2.01. The summed E-state index contributed by atoms with van der Waals surface area (Å²) in [6.07, 6.45) is 1.29. The van der Waals surface area contributed by atoms with Gasteiger partial charge in [-0.05, 0) is 24.6 Å². The Morgan fingerprint density at radius 1 is 1.32 bits per heavy atom. The van der Waals surface area contributed by atoms with Crippen LogP contribution in [-0.2, 0) is 6.42 Å². The number of carboxylic acid groups (broad SMARTS) is 1. The number of carbonyl (C=O) groups is 1. The van der Waals surface area contributed by atoms with Gasteiger partial charge in [-0.15, -0.1) is 0 Å². The normalized spacial score (nSPS) is 10.7. The first-order valence-corrected chi connectivity index (χ1v) is 6.46. The third kappa shape index (κ3) is 2.91. The van der Waals surface area contributed by atoms with E-state index in [0.717, 1.165) is 6.42 Å². The summed E-state index contributed by atoms with van der Waals surface area (Å²) in [7, 11) is 0. The number of aromatic carboxylic acids is 1. The molecule has 0 spiro atoms. The molecule has 0 aliphatic heterocycles. The Hall–Kier alpha value is -1.52. The molecule has 0 aliphatic carbocycles. The second-order valence-corrected chi connectivity index (χ2v) is 4.92. The first-order chi connectivity index (χ1) is 9.02. The zero-order chi connectivity index (χ0) is 14.0. The van der Waals surface area contributed by atoms with Crippen molar-refractivity contribution in [3.8, 4) is 11.3 Å². The van der Waals surface area contributed by atoms with Gasteiger partial charge in [-0.3, -0.25) is 0 Å². The molecule has 1 N–H and O–H groups in total. The van der Waals surface area contributed by atoms with Crippen LogP contribution in [0.5, 0.6) is 0 Å². The molecular formula is C13H11Cl2NO3. The van der Waals surface area contributed by atoms with E-state index in [1.807, 2.05) is 6.92 Å². The summed E-state index contributed by atoms with van der Waals surface area (Å²) in [5.41, 5.74) is 0.849. The zero-order valence-electron chi connectivity index (χ0n) is 10.1. The number of hydrogen-bond acceptors (Lipinski definition) is 3.